The van der Waals surface area contributed by atoms with Crippen molar-refractivity contribution in [1.82, 2.24) is 4.90 Å². The molecule has 0 aromatic heterocycles. The standard InChI is InChI=1S/C14H21NO3/c1-2-6-14(7-4-8-14)13(18)15-9-3-5-11(10-15)12(16)17/h2,11H,1,3-10H2,(H,16,17)/t11-/m0/s1. The van der Waals surface area contributed by atoms with E-state index in [1.807, 2.05) is 6.08 Å². The van der Waals surface area contributed by atoms with E-state index < -0.39 is 5.97 Å². The molecule has 100 valence electrons. The second kappa shape index (κ2) is 5.12. The molecule has 0 aromatic rings. The second-order valence-corrected chi connectivity index (χ2v) is 5.56. The Hall–Kier alpha value is -1.32. The predicted octanol–water partition coefficient (Wildman–Crippen LogP) is 2.06. The molecule has 1 N–H and O–H groups in total. The van der Waals surface area contributed by atoms with E-state index in [1.54, 1.807) is 4.90 Å². The van der Waals surface area contributed by atoms with E-state index in [9.17, 15) is 9.59 Å². The number of carboxylic acids is 1. The summed E-state index contributed by atoms with van der Waals surface area (Å²) in [5.41, 5.74) is -0.262. The zero-order valence-corrected chi connectivity index (χ0v) is 10.7. The summed E-state index contributed by atoms with van der Waals surface area (Å²) in [4.78, 5) is 25.3. The molecule has 0 aromatic carbocycles. The lowest BCUT2D eigenvalue weighted by molar-refractivity contribution is -0.153. The van der Waals surface area contributed by atoms with E-state index in [-0.39, 0.29) is 17.2 Å². The van der Waals surface area contributed by atoms with Crippen LogP contribution in [0, 0.1) is 11.3 Å². The maximum absolute atomic E-state index is 12.5. The molecule has 1 heterocycles. The van der Waals surface area contributed by atoms with Crippen LogP contribution in [0.25, 0.3) is 0 Å². The molecule has 0 unspecified atom stereocenters. The van der Waals surface area contributed by atoms with Gasteiger partial charge < -0.3 is 10.0 Å². The zero-order valence-electron chi connectivity index (χ0n) is 10.7. The molecular formula is C14H21NO3. The Morgan fingerprint density at radius 1 is 1.39 bits per heavy atom. The highest BCUT2D eigenvalue weighted by molar-refractivity contribution is 5.84. The van der Waals surface area contributed by atoms with Gasteiger partial charge in [0.05, 0.1) is 11.3 Å². The van der Waals surface area contributed by atoms with Crippen molar-refractivity contribution in [1.29, 1.82) is 0 Å². The van der Waals surface area contributed by atoms with Crippen LogP contribution >= 0.6 is 0 Å². The maximum atomic E-state index is 12.5. The Morgan fingerprint density at radius 3 is 2.61 bits per heavy atom. The van der Waals surface area contributed by atoms with Crippen LogP contribution in [0.5, 0.6) is 0 Å². The fraction of sp³-hybridized carbons (Fsp3) is 0.714. The van der Waals surface area contributed by atoms with Gasteiger partial charge in [-0.05, 0) is 32.1 Å². The third-order valence-electron chi connectivity index (χ3n) is 4.36. The van der Waals surface area contributed by atoms with E-state index >= 15 is 0 Å². The van der Waals surface area contributed by atoms with Crippen molar-refractivity contribution in [3.63, 3.8) is 0 Å². The normalized spacial score (nSPS) is 26.2. The van der Waals surface area contributed by atoms with E-state index in [0.29, 0.717) is 19.5 Å². The zero-order chi connectivity index (χ0) is 13.2. The van der Waals surface area contributed by atoms with Gasteiger partial charge in [-0.1, -0.05) is 12.5 Å². The minimum absolute atomic E-state index is 0.152. The monoisotopic (exact) mass is 251 g/mol. The number of allylic oxidation sites excluding steroid dienone is 1. The number of hydrogen-bond donors (Lipinski definition) is 1. The van der Waals surface area contributed by atoms with Crippen molar-refractivity contribution < 1.29 is 14.7 Å². The minimum Gasteiger partial charge on any atom is -0.481 e. The van der Waals surface area contributed by atoms with Gasteiger partial charge in [0.25, 0.3) is 0 Å². The fourth-order valence-electron chi connectivity index (χ4n) is 3.08. The number of hydrogen-bond acceptors (Lipinski definition) is 2. The summed E-state index contributed by atoms with van der Waals surface area (Å²) < 4.78 is 0. The van der Waals surface area contributed by atoms with Crippen LogP contribution in [0.3, 0.4) is 0 Å². The largest absolute Gasteiger partial charge is 0.481 e. The average molecular weight is 251 g/mol. The van der Waals surface area contributed by atoms with Gasteiger partial charge in [0.1, 0.15) is 0 Å². The van der Waals surface area contributed by atoms with Crippen molar-refractivity contribution in [3.8, 4) is 0 Å². The van der Waals surface area contributed by atoms with E-state index in [4.69, 9.17) is 5.11 Å². The molecule has 1 saturated heterocycles. The molecule has 0 bridgehead atoms. The SMILES string of the molecule is C=CCC1(C(=O)N2CCC[C@H](C(=O)O)C2)CCC1. The molecular weight excluding hydrogens is 230 g/mol. The number of amides is 1. The molecule has 1 amide bonds. The number of nitrogens with zero attached hydrogens (tertiary/aromatic N) is 1. The van der Waals surface area contributed by atoms with Gasteiger partial charge in [0.15, 0.2) is 0 Å². The van der Waals surface area contributed by atoms with Gasteiger partial charge in [0, 0.05) is 13.1 Å². The first-order valence-corrected chi connectivity index (χ1v) is 6.72. The Morgan fingerprint density at radius 2 is 2.11 bits per heavy atom. The summed E-state index contributed by atoms with van der Waals surface area (Å²) in [6, 6.07) is 0. The number of carbonyl (C=O) groups excluding carboxylic acids is 1. The summed E-state index contributed by atoms with van der Waals surface area (Å²) in [5, 5.41) is 9.06. The van der Waals surface area contributed by atoms with Crippen LogP contribution in [0.15, 0.2) is 12.7 Å². The maximum Gasteiger partial charge on any atom is 0.308 e. The number of rotatable bonds is 4. The highest BCUT2D eigenvalue weighted by Gasteiger charge is 2.46. The highest BCUT2D eigenvalue weighted by Crippen LogP contribution is 2.46. The topological polar surface area (TPSA) is 57.6 Å². The molecule has 2 fully saturated rings. The van der Waals surface area contributed by atoms with Gasteiger partial charge in [-0.2, -0.15) is 0 Å². The van der Waals surface area contributed by atoms with Gasteiger partial charge in [0.2, 0.25) is 5.91 Å². The molecule has 4 heteroatoms. The number of carbonyl (C=O) groups is 2. The van der Waals surface area contributed by atoms with Crippen molar-refractivity contribution in [3.05, 3.63) is 12.7 Å². The van der Waals surface area contributed by atoms with Crippen molar-refractivity contribution in [2.45, 2.75) is 38.5 Å². The Bertz CT molecular complexity index is 360. The number of aliphatic carboxylic acids is 1. The summed E-state index contributed by atoms with van der Waals surface area (Å²) in [6.45, 7) is 4.83. The lowest BCUT2D eigenvalue weighted by atomic mass is 9.65. The summed E-state index contributed by atoms with van der Waals surface area (Å²) >= 11 is 0. The van der Waals surface area contributed by atoms with Crippen LogP contribution in [-0.4, -0.2) is 35.0 Å². The fourth-order valence-corrected chi connectivity index (χ4v) is 3.08. The molecule has 0 radical (unpaired) electrons. The van der Waals surface area contributed by atoms with Crippen LogP contribution in [-0.2, 0) is 9.59 Å². The number of likely N-dealkylation sites (tertiary alicyclic amines) is 1. The second-order valence-electron chi connectivity index (χ2n) is 5.56. The lowest BCUT2D eigenvalue weighted by Crippen LogP contribution is -2.51. The third kappa shape index (κ3) is 2.28. The van der Waals surface area contributed by atoms with Crippen LogP contribution in [0.1, 0.15) is 38.5 Å². The Balaban J connectivity index is 2.04. The van der Waals surface area contributed by atoms with Gasteiger partial charge in [-0.3, -0.25) is 9.59 Å². The molecule has 1 aliphatic carbocycles. The lowest BCUT2D eigenvalue weighted by Gasteiger charge is -2.44. The first-order valence-electron chi connectivity index (χ1n) is 6.72. The van der Waals surface area contributed by atoms with Crippen LogP contribution in [0.2, 0.25) is 0 Å². The average Bonchev–Trinajstić information content (AvgIpc) is 2.33. The molecule has 1 atom stereocenters. The summed E-state index contributed by atoms with van der Waals surface area (Å²) in [6.07, 6.45) is 6.96. The van der Waals surface area contributed by atoms with Crippen LogP contribution < -0.4 is 0 Å². The molecule has 0 spiro atoms. The van der Waals surface area contributed by atoms with E-state index in [0.717, 1.165) is 32.1 Å². The van der Waals surface area contributed by atoms with Gasteiger partial charge in [-0.15, -0.1) is 6.58 Å². The van der Waals surface area contributed by atoms with Gasteiger partial charge >= 0.3 is 5.97 Å². The van der Waals surface area contributed by atoms with E-state index in [2.05, 4.69) is 6.58 Å². The van der Waals surface area contributed by atoms with Crippen molar-refractivity contribution >= 4 is 11.9 Å². The first-order chi connectivity index (χ1) is 8.59. The Kier molecular flexibility index (Phi) is 3.73. The minimum atomic E-state index is -0.779. The molecule has 1 aliphatic heterocycles. The summed E-state index contributed by atoms with van der Waals surface area (Å²) in [7, 11) is 0. The van der Waals surface area contributed by atoms with E-state index in [1.165, 1.54) is 0 Å². The highest BCUT2D eigenvalue weighted by atomic mass is 16.4. The van der Waals surface area contributed by atoms with Crippen LogP contribution in [0.4, 0.5) is 0 Å². The molecule has 1 saturated carbocycles. The quantitative estimate of drug-likeness (QED) is 0.778. The van der Waals surface area contributed by atoms with Crippen molar-refractivity contribution in [2.24, 2.45) is 11.3 Å². The third-order valence-corrected chi connectivity index (χ3v) is 4.36. The number of piperidine rings is 1. The molecule has 18 heavy (non-hydrogen) atoms. The first kappa shape index (κ1) is 13.1. The number of carboxylic acid groups (broad SMARTS) is 1. The molecule has 2 rings (SSSR count). The smallest absolute Gasteiger partial charge is 0.308 e. The Labute approximate surface area is 108 Å². The summed E-state index contributed by atoms with van der Waals surface area (Å²) in [5.74, 6) is -1.01. The van der Waals surface area contributed by atoms with Gasteiger partial charge in [-0.25, -0.2) is 0 Å². The van der Waals surface area contributed by atoms with Crippen molar-refractivity contribution in [2.75, 3.05) is 13.1 Å². The molecule has 4 nitrogen and oxygen atoms in total. The molecule has 2 aliphatic rings. The predicted molar refractivity (Wildman–Crippen MR) is 68.0 cm³/mol.